The van der Waals surface area contributed by atoms with Crippen LogP contribution in [0.4, 0.5) is 24.7 Å². The average Bonchev–Trinajstić information content (AvgIpc) is 2.87. The van der Waals surface area contributed by atoms with Gasteiger partial charge in [-0.1, -0.05) is 26.0 Å². The maximum atomic E-state index is 13.7. The van der Waals surface area contributed by atoms with Crippen LogP contribution in [0.15, 0.2) is 54.9 Å². The molecule has 1 saturated heterocycles. The number of hydrogen-bond acceptors (Lipinski definition) is 7. The fraction of sp³-hybridized carbons (Fsp3) is 0.379. The molecule has 10 heteroatoms. The van der Waals surface area contributed by atoms with Crippen molar-refractivity contribution in [2.24, 2.45) is 0 Å². The van der Waals surface area contributed by atoms with Gasteiger partial charge in [-0.15, -0.1) is 0 Å². The van der Waals surface area contributed by atoms with E-state index in [0.29, 0.717) is 35.1 Å². The predicted octanol–water partition coefficient (Wildman–Crippen LogP) is 6.58. The Morgan fingerprint density at radius 2 is 1.74 bits per heavy atom. The van der Waals surface area contributed by atoms with Crippen LogP contribution in [0.25, 0.3) is 22.3 Å². The quantitative estimate of drug-likeness (QED) is 0.298. The molecule has 0 saturated carbocycles. The molecular formula is C29H31F3N6O. The van der Waals surface area contributed by atoms with Gasteiger partial charge in [-0.2, -0.15) is 13.2 Å². The van der Waals surface area contributed by atoms with Crippen LogP contribution in [-0.4, -0.2) is 50.1 Å². The lowest BCUT2D eigenvalue weighted by Gasteiger charge is -2.34. The number of nitrogens with one attached hydrogen (secondary N) is 1. The van der Waals surface area contributed by atoms with E-state index in [2.05, 4.69) is 46.2 Å². The summed E-state index contributed by atoms with van der Waals surface area (Å²) in [6.07, 6.45) is -1.67. The zero-order chi connectivity index (χ0) is 27.7. The number of benzene rings is 1. The van der Waals surface area contributed by atoms with E-state index < -0.39 is 11.7 Å². The molecule has 0 amide bonds. The number of ether oxygens (including phenoxy) is 1. The van der Waals surface area contributed by atoms with Crippen molar-refractivity contribution < 1.29 is 17.9 Å². The summed E-state index contributed by atoms with van der Waals surface area (Å²) >= 11 is 0. The fourth-order valence-corrected chi connectivity index (χ4v) is 4.92. The van der Waals surface area contributed by atoms with Gasteiger partial charge >= 0.3 is 6.18 Å². The van der Waals surface area contributed by atoms with Crippen molar-refractivity contribution >= 4 is 22.5 Å². The van der Waals surface area contributed by atoms with Crippen LogP contribution in [0.1, 0.15) is 50.6 Å². The molecule has 4 heterocycles. The molecule has 1 fully saturated rings. The van der Waals surface area contributed by atoms with Crippen LogP contribution in [0.3, 0.4) is 0 Å². The lowest BCUT2D eigenvalue weighted by Crippen LogP contribution is -2.45. The van der Waals surface area contributed by atoms with Crippen molar-refractivity contribution in [1.29, 1.82) is 0 Å². The first-order valence-corrected chi connectivity index (χ1v) is 13.0. The molecule has 7 nitrogen and oxygen atoms in total. The summed E-state index contributed by atoms with van der Waals surface area (Å²) in [6.45, 7) is 10.2. The molecule has 2 unspecified atom stereocenters. The summed E-state index contributed by atoms with van der Waals surface area (Å²) in [7, 11) is 0. The van der Waals surface area contributed by atoms with Gasteiger partial charge in [0, 0.05) is 36.7 Å². The van der Waals surface area contributed by atoms with E-state index in [9.17, 15) is 13.2 Å². The molecule has 3 aromatic heterocycles. The summed E-state index contributed by atoms with van der Waals surface area (Å²) in [6, 6.07) is 12.0. The van der Waals surface area contributed by atoms with E-state index >= 15 is 0 Å². The number of halogens is 3. The Bertz CT molecular complexity index is 1450. The molecule has 1 aliphatic heterocycles. The minimum atomic E-state index is -4.55. The monoisotopic (exact) mass is 536 g/mol. The number of alkyl halides is 3. The van der Waals surface area contributed by atoms with Gasteiger partial charge in [-0.25, -0.2) is 15.0 Å². The Kier molecular flexibility index (Phi) is 7.51. The van der Waals surface area contributed by atoms with E-state index in [1.165, 1.54) is 24.0 Å². The van der Waals surface area contributed by atoms with Crippen LogP contribution < -0.4 is 5.32 Å². The van der Waals surface area contributed by atoms with Gasteiger partial charge in [-0.3, -0.25) is 9.88 Å². The number of nitrogens with zero attached hydrogens (tertiary/aromatic N) is 5. The number of pyridine rings is 2. The maximum Gasteiger partial charge on any atom is 0.418 e. The molecule has 2 atom stereocenters. The van der Waals surface area contributed by atoms with Crippen molar-refractivity contribution in [3.05, 3.63) is 71.8 Å². The molecule has 1 aliphatic rings. The maximum absolute atomic E-state index is 13.7. The molecule has 0 bridgehead atoms. The minimum Gasteiger partial charge on any atom is -0.373 e. The summed E-state index contributed by atoms with van der Waals surface area (Å²) in [4.78, 5) is 20.3. The number of fused-ring (bicyclic) bond motifs is 1. The SMILES string of the molecule is CC1CN(Cc2nc(Nc3ccc(C(C)C)cc3)c3ncc(-c4ncccc4C(F)(F)F)cc3n2)CC(C)O1. The topological polar surface area (TPSA) is 76.1 Å². The lowest BCUT2D eigenvalue weighted by molar-refractivity contribution is -0.137. The molecule has 1 aromatic carbocycles. The summed E-state index contributed by atoms with van der Waals surface area (Å²) < 4.78 is 47.0. The highest BCUT2D eigenvalue weighted by atomic mass is 19.4. The third-order valence-corrected chi connectivity index (χ3v) is 6.67. The molecule has 5 rings (SSSR count). The number of morpholine rings is 1. The van der Waals surface area contributed by atoms with Crippen molar-refractivity contribution in [2.75, 3.05) is 18.4 Å². The Morgan fingerprint density at radius 1 is 1.03 bits per heavy atom. The second-order valence-electron chi connectivity index (χ2n) is 10.3. The zero-order valence-corrected chi connectivity index (χ0v) is 22.3. The van der Waals surface area contributed by atoms with E-state index in [1.807, 2.05) is 26.0 Å². The fourth-order valence-electron chi connectivity index (χ4n) is 4.92. The number of anilines is 2. The molecule has 4 aromatic rings. The van der Waals surface area contributed by atoms with E-state index in [0.717, 1.165) is 24.8 Å². The first-order valence-electron chi connectivity index (χ1n) is 13.0. The molecule has 1 N–H and O–H groups in total. The largest absolute Gasteiger partial charge is 0.418 e. The van der Waals surface area contributed by atoms with Gasteiger partial charge in [-0.05, 0) is 55.7 Å². The Balaban J connectivity index is 1.57. The molecule has 0 spiro atoms. The predicted molar refractivity (Wildman–Crippen MR) is 145 cm³/mol. The van der Waals surface area contributed by atoms with Gasteiger partial charge in [0.1, 0.15) is 11.3 Å². The second kappa shape index (κ2) is 10.9. The first kappa shape index (κ1) is 27.0. The Labute approximate surface area is 225 Å². The van der Waals surface area contributed by atoms with E-state index in [-0.39, 0.29) is 23.5 Å². The number of rotatable bonds is 6. The summed E-state index contributed by atoms with van der Waals surface area (Å²) in [5.74, 6) is 1.43. The third kappa shape index (κ3) is 6.17. The van der Waals surface area contributed by atoms with E-state index in [4.69, 9.17) is 14.7 Å². The minimum absolute atomic E-state index is 0.0736. The van der Waals surface area contributed by atoms with Crippen LogP contribution in [-0.2, 0) is 17.5 Å². The zero-order valence-electron chi connectivity index (χ0n) is 22.3. The highest BCUT2D eigenvalue weighted by molar-refractivity contribution is 5.89. The Hall–Kier alpha value is -3.63. The summed E-state index contributed by atoms with van der Waals surface area (Å²) in [5.41, 5.74) is 2.17. The Morgan fingerprint density at radius 3 is 2.41 bits per heavy atom. The van der Waals surface area contributed by atoms with Crippen LogP contribution in [0.2, 0.25) is 0 Å². The standard InChI is InChI=1S/C29H31F3N6O/c1-17(2)20-7-9-22(10-8-20)35-28-27-24(36-25(37-28)16-38-14-18(3)39-19(4)15-38)12-21(13-34-27)26-23(29(30,31)32)6-5-11-33-26/h5-13,17-19H,14-16H2,1-4H3,(H,35,36,37). The van der Waals surface area contributed by atoms with Crippen molar-refractivity contribution in [1.82, 2.24) is 24.8 Å². The molecule has 39 heavy (non-hydrogen) atoms. The van der Waals surface area contributed by atoms with Crippen molar-refractivity contribution in [2.45, 2.75) is 58.5 Å². The smallest absolute Gasteiger partial charge is 0.373 e. The molecule has 0 radical (unpaired) electrons. The molecule has 0 aliphatic carbocycles. The van der Waals surface area contributed by atoms with Crippen molar-refractivity contribution in [3.63, 3.8) is 0 Å². The highest BCUT2D eigenvalue weighted by Gasteiger charge is 2.34. The van der Waals surface area contributed by atoms with Crippen LogP contribution >= 0.6 is 0 Å². The second-order valence-corrected chi connectivity index (χ2v) is 10.3. The highest BCUT2D eigenvalue weighted by Crippen LogP contribution is 2.36. The third-order valence-electron chi connectivity index (χ3n) is 6.67. The number of hydrogen-bond donors (Lipinski definition) is 1. The first-order chi connectivity index (χ1) is 18.6. The number of aromatic nitrogens is 4. The molecular weight excluding hydrogens is 505 g/mol. The average molecular weight is 537 g/mol. The van der Waals surface area contributed by atoms with Crippen LogP contribution in [0, 0.1) is 0 Å². The normalized spacial score (nSPS) is 18.6. The van der Waals surface area contributed by atoms with Gasteiger partial charge in [0.2, 0.25) is 0 Å². The van der Waals surface area contributed by atoms with Crippen LogP contribution in [0.5, 0.6) is 0 Å². The molecule has 204 valence electrons. The van der Waals surface area contributed by atoms with Crippen molar-refractivity contribution in [3.8, 4) is 11.3 Å². The van der Waals surface area contributed by atoms with Gasteiger partial charge in [0.25, 0.3) is 0 Å². The lowest BCUT2D eigenvalue weighted by atomic mass is 10.0. The van der Waals surface area contributed by atoms with E-state index in [1.54, 1.807) is 6.07 Å². The van der Waals surface area contributed by atoms with Gasteiger partial charge in [0.15, 0.2) is 5.82 Å². The van der Waals surface area contributed by atoms with Gasteiger partial charge in [0.05, 0.1) is 35.5 Å². The van der Waals surface area contributed by atoms with Gasteiger partial charge < -0.3 is 10.1 Å². The summed E-state index contributed by atoms with van der Waals surface area (Å²) in [5, 5.41) is 3.35.